The summed E-state index contributed by atoms with van der Waals surface area (Å²) in [6, 6.07) is 0.810. The van der Waals surface area contributed by atoms with Gasteiger partial charge < -0.3 is 9.72 Å². The van der Waals surface area contributed by atoms with Gasteiger partial charge in [-0.05, 0) is 6.92 Å². The molecule has 0 amide bonds. The Morgan fingerprint density at radius 2 is 2.07 bits per heavy atom. The van der Waals surface area contributed by atoms with Crippen LogP contribution >= 0.6 is 0 Å². The molecule has 1 N–H and O–H groups in total. The standard InChI is InChI=1S/C8H7F4NO2/c1-4-6(15-8(10,11)12)2-5(3-9)13-7(4)14/h2H,3H2,1H3,(H,13,14). The molecule has 3 nitrogen and oxygen atoms in total. The quantitative estimate of drug-likeness (QED) is 0.782. The van der Waals surface area contributed by atoms with E-state index in [0.29, 0.717) is 0 Å². The second-order valence-electron chi connectivity index (χ2n) is 2.79. The van der Waals surface area contributed by atoms with Crippen molar-refractivity contribution in [1.29, 1.82) is 0 Å². The first-order valence-corrected chi connectivity index (χ1v) is 3.88. The van der Waals surface area contributed by atoms with E-state index in [-0.39, 0.29) is 11.3 Å². The second-order valence-corrected chi connectivity index (χ2v) is 2.79. The summed E-state index contributed by atoms with van der Waals surface area (Å²) in [5.41, 5.74) is -1.31. The van der Waals surface area contributed by atoms with Crippen molar-refractivity contribution in [1.82, 2.24) is 4.98 Å². The molecule has 0 saturated heterocycles. The summed E-state index contributed by atoms with van der Waals surface area (Å²) in [7, 11) is 0. The van der Waals surface area contributed by atoms with Crippen molar-refractivity contribution in [3.05, 3.63) is 27.7 Å². The molecular formula is C8H7F4NO2. The van der Waals surface area contributed by atoms with Gasteiger partial charge in [-0.3, -0.25) is 4.79 Å². The maximum atomic E-state index is 12.1. The number of aromatic nitrogens is 1. The average Bonchev–Trinajstić information content (AvgIpc) is 2.10. The SMILES string of the molecule is Cc1c(OC(F)(F)F)cc(CF)[nH]c1=O. The predicted octanol–water partition coefficient (Wildman–Crippen LogP) is 2.05. The molecule has 0 radical (unpaired) electrons. The summed E-state index contributed by atoms with van der Waals surface area (Å²) in [6.07, 6.45) is -4.90. The van der Waals surface area contributed by atoms with E-state index in [2.05, 4.69) is 9.72 Å². The fourth-order valence-electron chi connectivity index (χ4n) is 0.957. The Kier molecular flexibility index (Phi) is 3.01. The third-order valence-corrected chi connectivity index (χ3v) is 1.66. The Morgan fingerprint density at radius 3 is 2.53 bits per heavy atom. The van der Waals surface area contributed by atoms with Gasteiger partial charge in [-0.25, -0.2) is 4.39 Å². The Hall–Kier alpha value is -1.53. The van der Waals surface area contributed by atoms with Crippen LogP contribution in [0.3, 0.4) is 0 Å². The van der Waals surface area contributed by atoms with Crippen molar-refractivity contribution in [3.8, 4) is 5.75 Å². The van der Waals surface area contributed by atoms with E-state index >= 15 is 0 Å². The van der Waals surface area contributed by atoms with Crippen LogP contribution in [-0.4, -0.2) is 11.3 Å². The molecule has 0 aromatic carbocycles. The first-order chi connectivity index (χ1) is 6.83. The van der Waals surface area contributed by atoms with Crippen molar-refractivity contribution >= 4 is 0 Å². The van der Waals surface area contributed by atoms with Gasteiger partial charge in [0.1, 0.15) is 12.4 Å². The Labute approximate surface area is 81.7 Å². The van der Waals surface area contributed by atoms with Crippen LogP contribution in [0.5, 0.6) is 5.75 Å². The molecule has 0 fully saturated rings. The number of ether oxygens (including phenoxy) is 1. The van der Waals surface area contributed by atoms with Gasteiger partial charge in [0, 0.05) is 6.07 Å². The number of hydrogen-bond acceptors (Lipinski definition) is 2. The van der Waals surface area contributed by atoms with E-state index in [1.807, 2.05) is 0 Å². The first-order valence-electron chi connectivity index (χ1n) is 3.88. The van der Waals surface area contributed by atoms with Crippen molar-refractivity contribution < 1.29 is 22.3 Å². The highest BCUT2D eigenvalue weighted by Crippen LogP contribution is 2.24. The monoisotopic (exact) mass is 225 g/mol. The lowest BCUT2D eigenvalue weighted by Gasteiger charge is -2.11. The molecule has 0 atom stereocenters. The van der Waals surface area contributed by atoms with Crippen LogP contribution in [0.2, 0.25) is 0 Å². The number of alkyl halides is 4. The number of hydrogen-bond donors (Lipinski definition) is 1. The van der Waals surface area contributed by atoms with Crippen LogP contribution < -0.4 is 10.3 Å². The Balaban J connectivity index is 3.17. The zero-order valence-electron chi connectivity index (χ0n) is 7.61. The van der Waals surface area contributed by atoms with Gasteiger partial charge >= 0.3 is 6.36 Å². The van der Waals surface area contributed by atoms with Crippen molar-refractivity contribution in [2.45, 2.75) is 20.0 Å². The van der Waals surface area contributed by atoms with Gasteiger partial charge in [0.15, 0.2) is 0 Å². The molecule has 0 saturated carbocycles. The molecule has 1 heterocycles. The molecule has 0 aliphatic heterocycles. The van der Waals surface area contributed by atoms with Crippen LogP contribution in [0.1, 0.15) is 11.3 Å². The predicted molar refractivity (Wildman–Crippen MR) is 43.3 cm³/mol. The highest BCUT2D eigenvalue weighted by Gasteiger charge is 2.32. The van der Waals surface area contributed by atoms with Gasteiger partial charge in [0.05, 0.1) is 11.3 Å². The number of H-pyrrole nitrogens is 1. The molecule has 0 spiro atoms. The van der Waals surface area contributed by atoms with Crippen molar-refractivity contribution in [2.24, 2.45) is 0 Å². The first kappa shape index (κ1) is 11.5. The second kappa shape index (κ2) is 3.92. The molecule has 0 aliphatic rings. The third-order valence-electron chi connectivity index (χ3n) is 1.66. The number of halogens is 4. The summed E-state index contributed by atoms with van der Waals surface area (Å²) in [5, 5.41) is 0. The lowest BCUT2D eigenvalue weighted by atomic mass is 10.2. The lowest BCUT2D eigenvalue weighted by Crippen LogP contribution is -2.21. The van der Waals surface area contributed by atoms with Crippen molar-refractivity contribution in [2.75, 3.05) is 0 Å². The minimum atomic E-state index is -4.90. The van der Waals surface area contributed by atoms with Gasteiger partial charge in [0.2, 0.25) is 0 Å². The topological polar surface area (TPSA) is 42.1 Å². The fourth-order valence-corrected chi connectivity index (χ4v) is 0.957. The highest BCUT2D eigenvalue weighted by molar-refractivity contribution is 5.32. The lowest BCUT2D eigenvalue weighted by molar-refractivity contribution is -0.274. The fraction of sp³-hybridized carbons (Fsp3) is 0.375. The van der Waals surface area contributed by atoms with Crippen LogP contribution in [0.4, 0.5) is 17.6 Å². The molecule has 15 heavy (non-hydrogen) atoms. The maximum absolute atomic E-state index is 12.1. The summed E-state index contributed by atoms with van der Waals surface area (Å²) < 4.78 is 51.3. The van der Waals surface area contributed by atoms with Gasteiger partial charge in [-0.2, -0.15) is 0 Å². The molecule has 0 aliphatic carbocycles. The normalized spacial score (nSPS) is 11.5. The number of aromatic amines is 1. The Morgan fingerprint density at radius 1 is 1.47 bits per heavy atom. The highest BCUT2D eigenvalue weighted by atomic mass is 19.4. The number of nitrogens with one attached hydrogen (secondary N) is 1. The molecule has 0 bridgehead atoms. The van der Waals surface area contributed by atoms with Gasteiger partial charge in [-0.15, -0.1) is 13.2 Å². The number of pyridine rings is 1. The molecule has 1 rings (SSSR count). The molecule has 0 unspecified atom stereocenters. The van der Waals surface area contributed by atoms with Crippen LogP contribution in [-0.2, 0) is 6.67 Å². The minimum absolute atomic E-state index is 0.246. The van der Waals surface area contributed by atoms with Gasteiger partial charge in [-0.1, -0.05) is 0 Å². The minimum Gasteiger partial charge on any atom is -0.405 e. The smallest absolute Gasteiger partial charge is 0.405 e. The van der Waals surface area contributed by atoms with E-state index in [9.17, 15) is 22.4 Å². The molecule has 1 aromatic rings. The summed E-state index contributed by atoms with van der Waals surface area (Å²) in [6.45, 7) is 0.0889. The molecule has 1 aromatic heterocycles. The van der Waals surface area contributed by atoms with Crippen molar-refractivity contribution in [3.63, 3.8) is 0 Å². The van der Waals surface area contributed by atoms with Crippen LogP contribution in [0, 0.1) is 6.92 Å². The van der Waals surface area contributed by atoms with E-state index in [4.69, 9.17) is 0 Å². The Bertz CT molecular complexity index is 410. The third kappa shape index (κ3) is 2.97. The van der Waals surface area contributed by atoms with Crippen LogP contribution in [0.15, 0.2) is 10.9 Å². The van der Waals surface area contributed by atoms with E-state index in [1.54, 1.807) is 0 Å². The van der Waals surface area contributed by atoms with E-state index < -0.39 is 24.3 Å². The summed E-state index contributed by atoms with van der Waals surface area (Å²) in [4.78, 5) is 13.1. The molecular weight excluding hydrogens is 218 g/mol. The zero-order valence-corrected chi connectivity index (χ0v) is 7.61. The summed E-state index contributed by atoms with van der Waals surface area (Å²) >= 11 is 0. The van der Waals surface area contributed by atoms with Crippen LogP contribution in [0.25, 0.3) is 0 Å². The number of rotatable bonds is 2. The van der Waals surface area contributed by atoms with E-state index in [1.165, 1.54) is 0 Å². The molecule has 7 heteroatoms. The zero-order chi connectivity index (χ0) is 11.6. The molecule has 84 valence electrons. The van der Waals surface area contributed by atoms with Gasteiger partial charge in [0.25, 0.3) is 5.56 Å². The maximum Gasteiger partial charge on any atom is 0.573 e. The summed E-state index contributed by atoms with van der Waals surface area (Å²) in [5.74, 6) is -0.682. The van der Waals surface area contributed by atoms with E-state index in [0.717, 1.165) is 13.0 Å². The average molecular weight is 225 g/mol. The largest absolute Gasteiger partial charge is 0.573 e.